The van der Waals surface area contributed by atoms with Gasteiger partial charge in [0.2, 0.25) is 0 Å². The highest BCUT2D eigenvalue weighted by molar-refractivity contribution is 6.30. The van der Waals surface area contributed by atoms with Gasteiger partial charge in [0.25, 0.3) is 5.56 Å². The first-order valence-electron chi connectivity index (χ1n) is 6.40. The maximum atomic E-state index is 12.3. The number of H-pyrrole nitrogens is 1. The molecule has 0 aromatic carbocycles. The van der Waals surface area contributed by atoms with Gasteiger partial charge in [-0.1, -0.05) is 25.4 Å². The Morgan fingerprint density at radius 3 is 2.65 bits per heavy atom. The van der Waals surface area contributed by atoms with Crippen LogP contribution in [0.1, 0.15) is 31.2 Å². The van der Waals surface area contributed by atoms with E-state index >= 15 is 0 Å². The van der Waals surface area contributed by atoms with Gasteiger partial charge < -0.3 is 4.57 Å². The number of hydrogen-bond donors (Lipinski definition) is 1. The Morgan fingerprint density at radius 1 is 1.40 bits per heavy atom. The van der Waals surface area contributed by atoms with Gasteiger partial charge >= 0.3 is 5.69 Å². The topological polar surface area (TPSA) is 72.7 Å². The molecule has 108 valence electrons. The molecule has 0 spiro atoms. The second-order valence-electron chi connectivity index (χ2n) is 4.97. The van der Waals surface area contributed by atoms with E-state index in [9.17, 15) is 9.59 Å². The van der Waals surface area contributed by atoms with Crippen LogP contribution in [0.15, 0.2) is 22.0 Å². The maximum absolute atomic E-state index is 12.3. The van der Waals surface area contributed by atoms with E-state index in [2.05, 4.69) is 9.97 Å². The number of aromatic amines is 1. The predicted octanol–water partition coefficient (Wildman–Crippen LogP) is 1.29. The molecule has 7 heteroatoms. The summed E-state index contributed by atoms with van der Waals surface area (Å²) in [4.78, 5) is 30.9. The van der Waals surface area contributed by atoms with Crippen molar-refractivity contribution in [2.45, 2.75) is 32.7 Å². The highest BCUT2D eigenvalue weighted by atomic mass is 35.5. The van der Waals surface area contributed by atoms with Gasteiger partial charge in [-0.15, -0.1) is 0 Å². The summed E-state index contributed by atoms with van der Waals surface area (Å²) in [5.74, 6) is 0.767. The number of nitrogens with one attached hydrogen (secondary N) is 1. The normalized spacial score (nSPS) is 11.2. The van der Waals surface area contributed by atoms with Crippen LogP contribution in [0.3, 0.4) is 0 Å². The van der Waals surface area contributed by atoms with E-state index in [0.717, 1.165) is 5.82 Å². The van der Waals surface area contributed by atoms with Gasteiger partial charge in [0.15, 0.2) is 0 Å². The smallest absolute Gasteiger partial charge is 0.329 e. The van der Waals surface area contributed by atoms with Crippen LogP contribution in [0, 0.1) is 0 Å². The zero-order chi connectivity index (χ0) is 14.9. The minimum Gasteiger partial charge on any atom is -0.338 e. The van der Waals surface area contributed by atoms with Crippen molar-refractivity contribution in [3.63, 3.8) is 0 Å². The number of aryl methyl sites for hydroxylation is 2. The molecular weight excluding hydrogens is 280 g/mol. The summed E-state index contributed by atoms with van der Waals surface area (Å²) in [7, 11) is 1.87. The second-order valence-corrected chi connectivity index (χ2v) is 5.35. The molecular formula is C13H17ClN4O2. The molecule has 6 nitrogen and oxygen atoms in total. The molecule has 0 saturated heterocycles. The maximum Gasteiger partial charge on any atom is 0.329 e. The SMILES string of the molecule is CC(C)c1c(Cl)[nH]c(=O)n(CCc2nccn2C)c1=O. The first-order chi connectivity index (χ1) is 9.41. The number of nitrogens with zero attached hydrogens (tertiary/aromatic N) is 3. The average molecular weight is 297 g/mol. The van der Waals surface area contributed by atoms with E-state index in [1.165, 1.54) is 4.57 Å². The molecule has 0 bridgehead atoms. The summed E-state index contributed by atoms with van der Waals surface area (Å²) < 4.78 is 3.04. The minimum absolute atomic E-state index is 0.0498. The van der Waals surface area contributed by atoms with E-state index in [1.807, 2.05) is 31.7 Å². The van der Waals surface area contributed by atoms with Crippen LogP contribution in [0.4, 0.5) is 0 Å². The van der Waals surface area contributed by atoms with Crippen molar-refractivity contribution in [2.24, 2.45) is 7.05 Å². The van der Waals surface area contributed by atoms with E-state index in [-0.39, 0.29) is 23.2 Å². The number of imidazole rings is 1. The van der Waals surface area contributed by atoms with Gasteiger partial charge in [-0.05, 0) is 5.92 Å². The number of aromatic nitrogens is 4. The van der Waals surface area contributed by atoms with E-state index < -0.39 is 5.69 Å². The molecule has 2 heterocycles. The lowest BCUT2D eigenvalue weighted by Crippen LogP contribution is -2.38. The molecule has 2 rings (SSSR count). The molecule has 0 amide bonds. The Bertz CT molecular complexity index is 727. The lowest BCUT2D eigenvalue weighted by atomic mass is 10.1. The summed E-state index contributed by atoms with van der Waals surface area (Å²) in [6.07, 6.45) is 4.01. The lowest BCUT2D eigenvalue weighted by Gasteiger charge is -2.11. The number of halogens is 1. The largest absolute Gasteiger partial charge is 0.338 e. The lowest BCUT2D eigenvalue weighted by molar-refractivity contribution is 0.589. The van der Waals surface area contributed by atoms with Crippen LogP contribution in [-0.4, -0.2) is 19.1 Å². The third-order valence-corrected chi connectivity index (χ3v) is 3.53. The zero-order valence-corrected chi connectivity index (χ0v) is 12.4. The highest BCUT2D eigenvalue weighted by Gasteiger charge is 2.15. The molecule has 0 radical (unpaired) electrons. The van der Waals surface area contributed by atoms with Gasteiger partial charge in [-0.25, -0.2) is 9.78 Å². The summed E-state index contributed by atoms with van der Waals surface area (Å²) in [6, 6.07) is 0. The molecule has 2 aromatic rings. The van der Waals surface area contributed by atoms with Gasteiger partial charge in [0.05, 0.1) is 5.56 Å². The monoisotopic (exact) mass is 296 g/mol. The zero-order valence-electron chi connectivity index (χ0n) is 11.7. The molecule has 20 heavy (non-hydrogen) atoms. The third kappa shape index (κ3) is 2.70. The van der Waals surface area contributed by atoms with Crippen LogP contribution < -0.4 is 11.2 Å². The summed E-state index contributed by atoms with van der Waals surface area (Å²) >= 11 is 5.94. The van der Waals surface area contributed by atoms with Gasteiger partial charge in [0, 0.05) is 32.4 Å². The van der Waals surface area contributed by atoms with Gasteiger partial charge in [-0.2, -0.15) is 0 Å². The standard InChI is InChI=1S/C13H17ClN4O2/c1-8(2)10-11(14)16-13(20)18(12(10)19)6-4-9-15-5-7-17(9)3/h5,7-8H,4,6H2,1-3H3,(H,16,20). The van der Waals surface area contributed by atoms with Crippen LogP contribution in [0.2, 0.25) is 5.15 Å². The number of rotatable bonds is 4. The molecule has 0 aliphatic heterocycles. The van der Waals surface area contributed by atoms with Gasteiger partial charge in [-0.3, -0.25) is 14.3 Å². The fraction of sp³-hybridized carbons (Fsp3) is 0.462. The molecule has 1 N–H and O–H groups in total. The van der Waals surface area contributed by atoms with Crippen LogP contribution >= 0.6 is 11.6 Å². The Morgan fingerprint density at radius 2 is 2.10 bits per heavy atom. The molecule has 0 atom stereocenters. The summed E-state index contributed by atoms with van der Waals surface area (Å²) in [6.45, 7) is 4.00. The summed E-state index contributed by atoms with van der Waals surface area (Å²) in [5, 5.41) is 0.128. The van der Waals surface area contributed by atoms with Crippen molar-refractivity contribution in [1.29, 1.82) is 0 Å². The quantitative estimate of drug-likeness (QED) is 0.864. The van der Waals surface area contributed by atoms with Crippen molar-refractivity contribution in [1.82, 2.24) is 19.1 Å². The fourth-order valence-electron chi connectivity index (χ4n) is 2.11. The second kappa shape index (κ2) is 5.66. The molecule has 0 fully saturated rings. The summed E-state index contributed by atoms with van der Waals surface area (Å²) in [5.41, 5.74) is -0.382. The Hall–Kier alpha value is -1.82. The Labute approximate surface area is 121 Å². The van der Waals surface area contributed by atoms with Crippen LogP contribution in [-0.2, 0) is 20.0 Å². The van der Waals surface area contributed by atoms with E-state index in [1.54, 1.807) is 6.20 Å². The predicted molar refractivity (Wildman–Crippen MR) is 77.3 cm³/mol. The van der Waals surface area contributed by atoms with Crippen molar-refractivity contribution in [2.75, 3.05) is 0 Å². The van der Waals surface area contributed by atoms with E-state index in [4.69, 9.17) is 11.6 Å². The van der Waals surface area contributed by atoms with Gasteiger partial charge in [0.1, 0.15) is 11.0 Å². The molecule has 0 saturated carbocycles. The van der Waals surface area contributed by atoms with Crippen LogP contribution in [0.25, 0.3) is 0 Å². The third-order valence-electron chi connectivity index (χ3n) is 3.23. The molecule has 0 unspecified atom stereocenters. The Kier molecular flexibility index (Phi) is 4.13. The molecule has 2 aromatic heterocycles. The van der Waals surface area contributed by atoms with E-state index in [0.29, 0.717) is 12.0 Å². The first-order valence-corrected chi connectivity index (χ1v) is 6.78. The number of hydrogen-bond acceptors (Lipinski definition) is 3. The highest BCUT2D eigenvalue weighted by Crippen LogP contribution is 2.16. The van der Waals surface area contributed by atoms with Crippen molar-refractivity contribution in [3.8, 4) is 0 Å². The fourth-order valence-corrected chi connectivity index (χ4v) is 2.49. The molecule has 0 aliphatic carbocycles. The first kappa shape index (κ1) is 14.6. The van der Waals surface area contributed by atoms with Crippen molar-refractivity contribution in [3.05, 3.63) is 49.8 Å². The molecule has 0 aliphatic rings. The van der Waals surface area contributed by atoms with Crippen molar-refractivity contribution < 1.29 is 0 Å². The van der Waals surface area contributed by atoms with Crippen molar-refractivity contribution >= 4 is 11.6 Å². The minimum atomic E-state index is -0.487. The van der Waals surface area contributed by atoms with Crippen LogP contribution in [0.5, 0.6) is 0 Å². The average Bonchev–Trinajstić information content (AvgIpc) is 2.73. The Balaban J connectivity index is 2.37.